The van der Waals surface area contributed by atoms with Gasteiger partial charge in [0, 0.05) is 13.1 Å². The zero-order chi connectivity index (χ0) is 11.8. The summed E-state index contributed by atoms with van der Waals surface area (Å²) in [4.78, 5) is 22.4. The molecular formula is C12H22N2O2. The Kier molecular flexibility index (Phi) is 5.90. The third kappa shape index (κ3) is 4.64. The third-order valence-corrected chi connectivity index (χ3v) is 3.11. The summed E-state index contributed by atoms with van der Waals surface area (Å²) in [5, 5.41) is 5.15. The number of hydrogen-bond acceptors (Lipinski definition) is 2. The molecule has 1 aliphatic carbocycles. The highest BCUT2D eigenvalue weighted by Crippen LogP contribution is 2.25. The number of carbonyl (C=O) groups excluding carboxylic acids is 2. The third-order valence-electron chi connectivity index (χ3n) is 3.11. The maximum Gasteiger partial charge on any atom is 0.309 e. The summed E-state index contributed by atoms with van der Waals surface area (Å²) in [7, 11) is 0. The molecule has 0 radical (unpaired) electrons. The van der Waals surface area contributed by atoms with Gasteiger partial charge >= 0.3 is 11.8 Å². The lowest BCUT2D eigenvalue weighted by atomic mass is 9.87. The van der Waals surface area contributed by atoms with Crippen molar-refractivity contribution in [2.75, 3.05) is 13.1 Å². The molecule has 0 aromatic heterocycles. The van der Waals surface area contributed by atoms with E-state index in [1.807, 2.05) is 0 Å². The van der Waals surface area contributed by atoms with Crippen LogP contribution in [0.2, 0.25) is 0 Å². The van der Waals surface area contributed by atoms with Gasteiger partial charge in [-0.05, 0) is 19.3 Å². The van der Waals surface area contributed by atoms with Crippen LogP contribution in [-0.4, -0.2) is 24.9 Å². The standard InChI is InChI=1S/C12H22N2O2/c1-2-13-11(15)12(16)14-9-8-10-6-4-3-5-7-10/h10H,2-9H2,1H3,(H,13,15)(H,14,16). The first-order chi connectivity index (χ1) is 7.74. The lowest BCUT2D eigenvalue weighted by Crippen LogP contribution is -2.40. The molecule has 1 aliphatic rings. The molecule has 0 aromatic carbocycles. The quantitative estimate of drug-likeness (QED) is 0.708. The molecule has 0 heterocycles. The summed E-state index contributed by atoms with van der Waals surface area (Å²) in [5.74, 6) is -0.285. The van der Waals surface area contributed by atoms with Gasteiger partial charge in [-0.3, -0.25) is 9.59 Å². The second-order valence-electron chi connectivity index (χ2n) is 4.41. The fourth-order valence-corrected chi connectivity index (χ4v) is 2.19. The molecule has 2 amide bonds. The number of rotatable bonds is 4. The Morgan fingerprint density at radius 1 is 1.06 bits per heavy atom. The Morgan fingerprint density at radius 3 is 2.31 bits per heavy atom. The maximum atomic E-state index is 11.3. The van der Waals surface area contributed by atoms with Crippen LogP contribution in [0, 0.1) is 5.92 Å². The average molecular weight is 226 g/mol. The average Bonchev–Trinajstić information content (AvgIpc) is 2.30. The Morgan fingerprint density at radius 2 is 1.69 bits per heavy atom. The molecule has 16 heavy (non-hydrogen) atoms. The smallest absolute Gasteiger partial charge is 0.309 e. The van der Waals surface area contributed by atoms with E-state index in [0.717, 1.165) is 12.3 Å². The summed E-state index contributed by atoms with van der Waals surface area (Å²) < 4.78 is 0. The SMILES string of the molecule is CCNC(=O)C(=O)NCCC1CCCCC1. The van der Waals surface area contributed by atoms with Crippen molar-refractivity contribution in [1.29, 1.82) is 0 Å². The molecule has 0 spiro atoms. The van der Waals surface area contributed by atoms with Gasteiger partial charge in [0.25, 0.3) is 0 Å². The molecule has 1 rings (SSSR count). The molecular weight excluding hydrogens is 204 g/mol. The number of amides is 2. The molecule has 0 aromatic rings. The zero-order valence-electron chi connectivity index (χ0n) is 10.1. The molecule has 1 fully saturated rings. The van der Waals surface area contributed by atoms with E-state index >= 15 is 0 Å². The summed E-state index contributed by atoms with van der Waals surface area (Å²) in [6, 6.07) is 0. The molecule has 0 unspecified atom stereocenters. The van der Waals surface area contributed by atoms with Crippen LogP contribution >= 0.6 is 0 Å². The highest BCUT2D eigenvalue weighted by molar-refractivity contribution is 6.35. The number of carbonyl (C=O) groups is 2. The number of hydrogen-bond donors (Lipinski definition) is 2. The van der Waals surface area contributed by atoms with E-state index < -0.39 is 11.8 Å². The summed E-state index contributed by atoms with van der Waals surface area (Å²) in [6.07, 6.45) is 7.53. The van der Waals surface area contributed by atoms with E-state index in [9.17, 15) is 9.59 Å². The molecule has 1 saturated carbocycles. The van der Waals surface area contributed by atoms with Crippen molar-refractivity contribution in [3.05, 3.63) is 0 Å². The highest BCUT2D eigenvalue weighted by Gasteiger charge is 2.15. The van der Waals surface area contributed by atoms with E-state index in [4.69, 9.17) is 0 Å². The van der Waals surface area contributed by atoms with Gasteiger partial charge in [0.05, 0.1) is 0 Å². The first-order valence-electron chi connectivity index (χ1n) is 6.30. The van der Waals surface area contributed by atoms with Crippen molar-refractivity contribution in [3.8, 4) is 0 Å². The second-order valence-corrected chi connectivity index (χ2v) is 4.41. The Labute approximate surface area is 97.2 Å². The summed E-state index contributed by atoms with van der Waals surface area (Å²) in [5.41, 5.74) is 0. The van der Waals surface area contributed by atoms with Crippen molar-refractivity contribution in [1.82, 2.24) is 10.6 Å². The lowest BCUT2D eigenvalue weighted by Gasteiger charge is -2.21. The van der Waals surface area contributed by atoms with Crippen molar-refractivity contribution < 1.29 is 9.59 Å². The Bertz CT molecular complexity index is 235. The van der Waals surface area contributed by atoms with Crippen LogP contribution in [0.15, 0.2) is 0 Å². The van der Waals surface area contributed by atoms with Crippen molar-refractivity contribution in [2.24, 2.45) is 5.92 Å². The normalized spacial score (nSPS) is 16.8. The van der Waals surface area contributed by atoms with Gasteiger partial charge in [-0.25, -0.2) is 0 Å². The van der Waals surface area contributed by atoms with Crippen LogP contribution < -0.4 is 10.6 Å². The predicted molar refractivity (Wildman–Crippen MR) is 62.9 cm³/mol. The second kappa shape index (κ2) is 7.25. The monoisotopic (exact) mass is 226 g/mol. The Balaban J connectivity index is 2.09. The van der Waals surface area contributed by atoms with Gasteiger partial charge in [-0.1, -0.05) is 32.1 Å². The van der Waals surface area contributed by atoms with Gasteiger partial charge < -0.3 is 10.6 Å². The predicted octanol–water partition coefficient (Wildman–Crippen LogP) is 1.21. The van der Waals surface area contributed by atoms with Gasteiger partial charge in [0.1, 0.15) is 0 Å². The van der Waals surface area contributed by atoms with Crippen molar-refractivity contribution >= 4 is 11.8 Å². The summed E-state index contributed by atoms with van der Waals surface area (Å²) >= 11 is 0. The van der Waals surface area contributed by atoms with Crippen LogP contribution in [-0.2, 0) is 9.59 Å². The zero-order valence-corrected chi connectivity index (χ0v) is 10.1. The first-order valence-corrected chi connectivity index (χ1v) is 6.30. The summed E-state index contributed by atoms with van der Waals surface area (Å²) in [6.45, 7) is 2.92. The maximum absolute atomic E-state index is 11.3. The van der Waals surface area contributed by atoms with Gasteiger partial charge in [-0.2, -0.15) is 0 Å². The van der Waals surface area contributed by atoms with Gasteiger partial charge in [-0.15, -0.1) is 0 Å². The van der Waals surface area contributed by atoms with E-state index in [-0.39, 0.29) is 0 Å². The van der Waals surface area contributed by atoms with Crippen LogP contribution in [0.1, 0.15) is 45.4 Å². The van der Waals surface area contributed by atoms with E-state index in [2.05, 4.69) is 10.6 Å². The van der Waals surface area contributed by atoms with Crippen LogP contribution in [0.3, 0.4) is 0 Å². The fourth-order valence-electron chi connectivity index (χ4n) is 2.19. The number of nitrogens with one attached hydrogen (secondary N) is 2. The molecule has 0 atom stereocenters. The van der Waals surface area contributed by atoms with Crippen molar-refractivity contribution in [2.45, 2.75) is 45.4 Å². The molecule has 0 aliphatic heterocycles. The Hall–Kier alpha value is -1.06. The van der Waals surface area contributed by atoms with Crippen LogP contribution in [0.4, 0.5) is 0 Å². The fraction of sp³-hybridized carbons (Fsp3) is 0.833. The van der Waals surface area contributed by atoms with E-state index in [1.54, 1.807) is 6.92 Å². The minimum atomic E-state index is -0.522. The minimum Gasteiger partial charge on any atom is -0.348 e. The first kappa shape index (κ1) is 13.0. The highest BCUT2D eigenvalue weighted by atomic mass is 16.2. The van der Waals surface area contributed by atoms with Crippen molar-refractivity contribution in [3.63, 3.8) is 0 Å². The lowest BCUT2D eigenvalue weighted by molar-refractivity contribution is -0.139. The molecule has 92 valence electrons. The number of likely N-dealkylation sites (N-methyl/N-ethyl adjacent to an activating group) is 1. The molecule has 4 heteroatoms. The van der Waals surface area contributed by atoms with E-state index in [1.165, 1.54) is 32.1 Å². The van der Waals surface area contributed by atoms with Gasteiger partial charge in [0.15, 0.2) is 0 Å². The minimum absolute atomic E-state index is 0.495. The van der Waals surface area contributed by atoms with Crippen LogP contribution in [0.5, 0.6) is 0 Å². The largest absolute Gasteiger partial charge is 0.348 e. The molecule has 0 saturated heterocycles. The van der Waals surface area contributed by atoms with E-state index in [0.29, 0.717) is 13.1 Å². The molecule has 0 bridgehead atoms. The van der Waals surface area contributed by atoms with Crippen LogP contribution in [0.25, 0.3) is 0 Å². The topological polar surface area (TPSA) is 58.2 Å². The van der Waals surface area contributed by atoms with Gasteiger partial charge in [0.2, 0.25) is 0 Å². The molecule has 4 nitrogen and oxygen atoms in total. The molecule has 2 N–H and O–H groups in total.